The Kier molecular flexibility index (Phi) is 5.05. The first-order valence-corrected chi connectivity index (χ1v) is 8.49. The van der Waals surface area contributed by atoms with Gasteiger partial charge in [0.25, 0.3) is 0 Å². The lowest BCUT2D eigenvalue weighted by atomic mass is 10.0. The molecule has 0 aliphatic carbocycles. The molecule has 3 aromatic rings. The number of carbonyl (C=O) groups is 2. The van der Waals surface area contributed by atoms with Crippen molar-refractivity contribution in [3.63, 3.8) is 0 Å². The van der Waals surface area contributed by atoms with E-state index in [-0.39, 0.29) is 11.5 Å². The van der Waals surface area contributed by atoms with E-state index in [0.717, 1.165) is 22.5 Å². The molecule has 25 heavy (non-hydrogen) atoms. The predicted molar refractivity (Wildman–Crippen MR) is 98.5 cm³/mol. The topological polar surface area (TPSA) is 63.6 Å². The highest BCUT2D eigenvalue weighted by Crippen LogP contribution is 2.35. The van der Waals surface area contributed by atoms with Gasteiger partial charge in [0.05, 0.1) is 13.5 Å². The normalized spacial score (nSPS) is 10.6. The molecule has 5 heteroatoms. The number of ether oxygens (including phenoxy) is 1. The Morgan fingerprint density at radius 1 is 1.04 bits per heavy atom. The molecule has 3 rings (SSSR count). The molecule has 0 saturated carbocycles. The van der Waals surface area contributed by atoms with Crippen molar-refractivity contribution in [1.29, 1.82) is 0 Å². The number of aliphatic carboxylic acids is 1. The highest BCUT2D eigenvalue weighted by Gasteiger charge is 2.16. The van der Waals surface area contributed by atoms with E-state index < -0.39 is 5.97 Å². The van der Waals surface area contributed by atoms with Gasteiger partial charge in [-0.2, -0.15) is 0 Å². The van der Waals surface area contributed by atoms with E-state index >= 15 is 0 Å². The van der Waals surface area contributed by atoms with Crippen LogP contribution >= 0.6 is 11.8 Å². The molecule has 0 aliphatic rings. The maximum atomic E-state index is 12.6. The van der Waals surface area contributed by atoms with Crippen LogP contribution in [0.25, 0.3) is 10.8 Å². The van der Waals surface area contributed by atoms with Gasteiger partial charge >= 0.3 is 5.97 Å². The highest BCUT2D eigenvalue weighted by molar-refractivity contribution is 8.14. The number of rotatable bonds is 5. The monoisotopic (exact) mass is 352 g/mol. The molecule has 0 fully saturated rings. The molecule has 3 aromatic carbocycles. The van der Waals surface area contributed by atoms with Crippen molar-refractivity contribution in [2.24, 2.45) is 0 Å². The number of hydrogen-bond donors (Lipinski definition) is 1. The average Bonchev–Trinajstić information content (AvgIpc) is 2.63. The Bertz CT molecular complexity index is 935. The first-order valence-electron chi connectivity index (χ1n) is 7.67. The average molecular weight is 352 g/mol. The molecule has 0 radical (unpaired) electrons. The van der Waals surface area contributed by atoms with Crippen LogP contribution in [0.5, 0.6) is 5.75 Å². The molecule has 0 saturated heterocycles. The molecule has 0 amide bonds. The third kappa shape index (κ3) is 3.83. The van der Waals surface area contributed by atoms with Gasteiger partial charge in [-0.15, -0.1) is 0 Å². The van der Waals surface area contributed by atoms with Crippen LogP contribution in [0.4, 0.5) is 0 Å². The molecule has 1 N–H and O–H groups in total. The fourth-order valence-corrected chi connectivity index (χ4v) is 3.61. The summed E-state index contributed by atoms with van der Waals surface area (Å²) in [6.07, 6.45) is -0.133. The number of carboxylic acid groups (broad SMARTS) is 1. The van der Waals surface area contributed by atoms with Gasteiger partial charge in [0.2, 0.25) is 5.12 Å². The summed E-state index contributed by atoms with van der Waals surface area (Å²) >= 11 is 1.07. The lowest BCUT2D eigenvalue weighted by molar-refractivity contribution is -0.136. The number of fused-ring (bicyclic) bond motifs is 1. The van der Waals surface area contributed by atoms with Crippen molar-refractivity contribution < 1.29 is 19.4 Å². The van der Waals surface area contributed by atoms with E-state index in [0.29, 0.717) is 21.8 Å². The summed E-state index contributed by atoms with van der Waals surface area (Å²) in [5.41, 5.74) is 1.21. The molecule has 0 spiro atoms. The second kappa shape index (κ2) is 7.40. The molecule has 0 bridgehead atoms. The van der Waals surface area contributed by atoms with E-state index in [9.17, 15) is 14.7 Å². The third-order valence-corrected chi connectivity index (χ3v) is 4.91. The zero-order valence-electron chi connectivity index (χ0n) is 13.6. The van der Waals surface area contributed by atoms with E-state index in [1.165, 1.54) is 0 Å². The molecule has 0 aliphatic heterocycles. The number of hydrogen-bond acceptors (Lipinski definition) is 4. The van der Waals surface area contributed by atoms with Crippen molar-refractivity contribution >= 4 is 33.6 Å². The summed E-state index contributed by atoms with van der Waals surface area (Å²) in [4.78, 5) is 24.5. The number of methoxy groups -OCH3 is 1. The van der Waals surface area contributed by atoms with Crippen molar-refractivity contribution in [3.8, 4) is 5.75 Å². The Morgan fingerprint density at radius 2 is 1.80 bits per heavy atom. The van der Waals surface area contributed by atoms with Gasteiger partial charge in [-0.25, -0.2) is 0 Å². The molecule has 0 aromatic heterocycles. The van der Waals surface area contributed by atoms with Crippen molar-refractivity contribution in [1.82, 2.24) is 0 Å². The number of benzene rings is 3. The molecule has 4 nitrogen and oxygen atoms in total. The van der Waals surface area contributed by atoms with Gasteiger partial charge in [-0.3, -0.25) is 9.59 Å². The first kappa shape index (κ1) is 17.0. The highest BCUT2D eigenvalue weighted by atomic mass is 32.2. The smallest absolute Gasteiger partial charge is 0.307 e. The van der Waals surface area contributed by atoms with Crippen LogP contribution in [0, 0.1) is 0 Å². The second-order valence-corrected chi connectivity index (χ2v) is 6.45. The largest absolute Gasteiger partial charge is 0.497 e. The first-order chi connectivity index (χ1) is 12.1. The zero-order valence-corrected chi connectivity index (χ0v) is 14.4. The van der Waals surface area contributed by atoms with Gasteiger partial charge in [0, 0.05) is 10.5 Å². The van der Waals surface area contributed by atoms with Crippen LogP contribution < -0.4 is 4.74 Å². The fraction of sp³-hybridized carbons (Fsp3) is 0.100. The molecule has 0 heterocycles. The molecular formula is C20H16O4S. The van der Waals surface area contributed by atoms with E-state index in [1.807, 2.05) is 30.3 Å². The minimum absolute atomic E-state index is 0.115. The van der Waals surface area contributed by atoms with Crippen LogP contribution in [0.1, 0.15) is 15.9 Å². The van der Waals surface area contributed by atoms with Gasteiger partial charge in [-0.1, -0.05) is 42.5 Å². The Labute approximate surface area is 149 Å². The molecule has 0 unspecified atom stereocenters. The van der Waals surface area contributed by atoms with Crippen LogP contribution in [0.2, 0.25) is 0 Å². The van der Waals surface area contributed by atoms with E-state index in [2.05, 4.69) is 0 Å². The number of thioether (sulfide) groups is 1. The van der Waals surface area contributed by atoms with Crippen molar-refractivity contribution in [2.45, 2.75) is 11.3 Å². The Balaban J connectivity index is 2.08. The lowest BCUT2D eigenvalue weighted by Crippen LogP contribution is -2.03. The van der Waals surface area contributed by atoms with Gasteiger partial charge in [0.1, 0.15) is 5.75 Å². The zero-order chi connectivity index (χ0) is 17.8. The van der Waals surface area contributed by atoms with Crippen LogP contribution in [-0.2, 0) is 11.2 Å². The lowest BCUT2D eigenvalue weighted by Gasteiger charge is -2.12. The van der Waals surface area contributed by atoms with Crippen LogP contribution in [0.3, 0.4) is 0 Å². The second-order valence-electron chi connectivity index (χ2n) is 5.47. The van der Waals surface area contributed by atoms with Gasteiger partial charge in [-0.05, 0) is 46.3 Å². The fourth-order valence-electron chi connectivity index (χ4n) is 2.60. The van der Waals surface area contributed by atoms with E-state index in [1.54, 1.807) is 37.4 Å². The standard InChI is InChI=1S/C20H16O4S/c1-24-16-9-10-17-14(11-16)7-8-15(12-18(21)22)19(17)25-20(23)13-5-3-2-4-6-13/h2-11H,12H2,1H3,(H,21,22). The summed E-state index contributed by atoms with van der Waals surface area (Å²) in [5, 5.41) is 10.8. The van der Waals surface area contributed by atoms with Gasteiger partial charge < -0.3 is 9.84 Å². The Hall–Kier alpha value is -2.79. The van der Waals surface area contributed by atoms with E-state index in [4.69, 9.17) is 4.74 Å². The molecular weight excluding hydrogens is 336 g/mol. The summed E-state index contributed by atoms with van der Waals surface area (Å²) in [5.74, 6) is -0.217. The molecule has 126 valence electrons. The predicted octanol–water partition coefficient (Wildman–Crippen LogP) is 4.41. The summed E-state index contributed by atoms with van der Waals surface area (Å²) in [6, 6.07) is 18.1. The minimum atomic E-state index is -0.929. The maximum Gasteiger partial charge on any atom is 0.307 e. The SMILES string of the molecule is COc1ccc2c(SC(=O)c3ccccc3)c(CC(=O)O)ccc2c1. The van der Waals surface area contributed by atoms with Crippen LogP contribution in [-0.4, -0.2) is 23.3 Å². The van der Waals surface area contributed by atoms with Crippen molar-refractivity contribution in [2.75, 3.05) is 7.11 Å². The summed E-state index contributed by atoms with van der Waals surface area (Å²) in [6.45, 7) is 0. The third-order valence-electron chi connectivity index (χ3n) is 3.81. The molecule has 0 atom stereocenters. The maximum absolute atomic E-state index is 12.6. The van der Waals surface area contributed by atoms with Gasteiger partial charge in [0.15, 0.2) is 0 Å². The Morgan fingerprint density at radius 3 is 2.48 bits per heavy atom. The quantitative estimate of drug-likeness (QED) is 0.689. The summed E-state index contributed by atoms with van der Waals surface area (Å²) in [7, 11) is 1.59. The number of carbonyl (C=O) groups excluding carboxylic acids is 1. The van der Waals surface area contributed by atoms with Crippen LogP contribution in [0.15, 0.2) is 65.6 Å². The number of carboxylic acids is 1. The minimum Gasteiger partial charge on any atom is -0.497 e. The van der Waals surface area contributed by atoms with Crippen molar-refractivity contribution in [3.05, 3.63) is 71.8 Å². The summed E-state index contributed by atoms with van der Waals surface area (Å²) < 4.78 is 5.24.